The molecule has 3 aliphatic carbocycles. The summed E-state index contributed by atoms with van der Waals surface area (Å²) < 4.78 is 5.43. The van der Waals surface area contributed by atoms with Crippen LogP contribution in [0.3, 0.4) is 0 Å². The van der Waals surface area contributed by atoms with E-state index in [-0.39, 0.29) is 11.5 Å². The van der Waals surface area contributed by atoms with Crippen LogP contribution in [0, 0.1) is 22.7 Å². The predicted octanol–water partition coefficient (Wildman–Crippen LogP) is 4.94. The first-order valence-electron chi connectivity index (χ1n) is 9.78. The second-order valence-corrected chi connectivity index (χ2v) is 9.12. The molecule has 3 aliphatic rings. The molecule has 4 rings (SSSR count). The van der Waals surface area contributed by atoms with Gasteiger partial charge < -0.3 is 9.84 Å². The summed E-state index contributed by atoms with van der Waals surface area (Å²) in [6.45, 7) is 7.14. The van der Waals surface area contributed by atoms with E-state index in [1.807, 2.05) is 0 Å². The van der Waals surface area contributed by atoms with Crippen molar-refractivity contribution in [2.75, 3.05) is 7.11 Å². The summed E-state index contributed by atoms with van der Waals surface area (Å²) in [5.41, 5.74) is 3.47. The number of fused-ring (bicyclic) bond motifs is 5. The van der Waals surface area contributed by atoms with Crippen molar-refractivity contribution in [1.29, 1.82) is 0 Å². The van der Waals surface area contributed by atoms with Gasteiger partial charge in [-0.1, -0.05) is 33.3 Å². The molecule has 2 nitrogen and oxygen atoms in total. The van der Waals surface area contributed by atoms with Crippen LogP contribution in [0.2, 0.25) is 0 Å². The van der Waals surface area contributed by atoms with Gasteiger partial charge in [0, 0.05) is 0 Å². The molecule has 0 bridgehead atoms. The van der Waals surface area contributed by atoms with Gasteiger partial charge in [-0.15, -0.1) is 0 Å². The highest BCUT2D eigenvalue weighted by molar-refractivity contribution is 5.41. The Labute approximate surface area is 146 Å². The van der Waals surface area contributed by atoms with Crippen LogP contribution in [0.5, 0.6) is 5.75 Å². The average Bonchev–Trinajstić information content (AvgIpc) is 2.81. The number of aryl methyl sites for hydroxylation is 1. The lowest BCUT2D eigenvalue weighted by molar-refractivity contribution is -0.0442. The summed E-state index contributed by atoms with van der Waals surface area (Å²) in [5.74, 6) is 3.04. The highest BCUT2D eigenvalue weighted by atomic mass is 16.5. The number of aliphatic hydroxyl groups is 1. The highest BCUT2D eigenvalue weighted by Gasteiger charge is 2.62. The molecule has 0 amide bonds. The molecule has 0 unspecified atom stereocenters. The Morgan fingerprint density at radius 2 is 2.04 bits per heavy atom. The van der Waals surface area contributed by atoms with Crippen molar-refractivity contribution in [1.82, 2.24) is 0 Å². The van der Waals surface area contributed by atoms with Gasteiger partial charge in [-0.3, -0.25) is 0 Å². The Balaban J connectivity index is 1.74. The lowest BCUT2D eigenvalue weighted by Gasteiger charge is -2.53. The van der Waals surface area contributed by atoms with Gasteiger partial charge in [0.2, 0.25) is 0 Å². The molecule has 0 radical (unpaired) electrons. The predicted molar refractivity (Wildman–Crippen MR) is 97.4 cm³/mol. The van der Waals surface area contributed by atoms with Gasteiger partial charge in [-0.2, -0.15) is 0 Å². The fourth-order valence-electron chi connectivity index (χ4n) is 6.77. The minimum absolute atomic E-state index is 0.120. The molecule has 0 aliphatic heterocycles. The van der Waals surface area contributed by atoms with Crippen molar-refractivity contribution in [3.05, 3.63) is 29.3 Å². The first kappa shape index (κ1) is 16.4. The maximum atomic E-state index is 10.9. The molecule has 24 heavy (non-hydrogen) atoms. The van der Waals surface area contributed by atoms with Crippen LogP contribution in [0.4, 0.5) is 0 Å². The second-order valence-electron chi connectivity index (χ2n) is 9.12. The fraction of sp³-hybridized carbons (Fsp3) is 0.727. The molecular weight excluding hydrogens is 296 g/mol. The van der Waals surface area contributed by atoms with Crippen molar-refractivity contribution in [3.63, 3.8) is 0 Å². The Bertz CT molecular complexity index is 639. The van der Waals surface area contributed by atoms with Crippen LogP contribution < -0.4 is 4.74 Å². The van der Waals surface area contributed by atoms with E-state index < -0.39 is 0 Å². The van der Waals surface area contributed by atoms with Gasteiger partial charge in [0.05, 0.1) is 13.2 Å². The van der Waals surface area contributed by atoms with E-state index in [2.05, 4.69) is 39.0 Å². The number of hydrogen-bond acceptors (Lipinski definition) is 2. The smallest absolute Gasteiger partial charge is 0.119 e. The van der Waals surface area contributed by atoms with Crippen LogP contribution in [0.25, 0.3) is 0 Å². The minimum atomic E-state index is -0.120. The molecule has 2 saturated carbocycles. The lowest BCUT2D eigenvalue weighted by Crippen LogP contribution is -2.47. The van der Waals surface area contributed by atoms with Gasteiger partial charge in [0.1, 0.15) is 5.75 Å². The van der Waals surface area contributed by atoms with Crippen LogP contribution in [0.1, 0.15) is 69.9 Å². The van der Waals surface area contributed by atoms with Gasteiger partial charge in [0.15, 0.2) is 0 Å². The summed E-state index contributed by atoms with van der Waals surface area (Å²) in [5, 5.41) is 10.9. The lowest BCUT2D eigenvalue weighted by atomic mass is 9.51. The van der Waals surface area contributed by atoms with Crippen LogP contribution >= 0.6 is 0 Å². The van der Waals surface area contributed by atoms with Crippen molar-refractivity contribution in [2.24, 2.45) is 22.7 Å². The number of hydrogen-bond donors (Lipinski definition) is 1. The summed E-state index contributed by atoms with van der Waals surface area (Å²) >= 11 is 0. The van der Waals surface area contributed by atoms with Crippen LogP contribution in [0.15, 0.2) is 18.2 Å². The van der Waals surface area contributed by atoms with Crippen molar-refractivity contribution < 1.29 is 9.84 Å². The van der Waals surface area contributed by atoms with E-state index >= 15 is 0 Å². The number of methoxy groups -OCH3 is 1. The van der Waals surface area contributed by atoms with E-state index in [1.165, 1.54) is 31.2 Å². The molecule has 1 aromatic rings. The average molecular weight is 328 g/mol. The maximum Gasteiger partial charge on any atom is 0.119 e. The van der Waals surface area contributed by atoms with Crippen molar-refractivity contribution in [2.45, 2.75) is 71.3 Å². The Morgan fingerprint density at radius 3 is 2.75 bits per heavy atom. The third-order valence-electron chi connectivity index (χ3n) is 8.13. The topological polar surface area (TPSA) is 29.5 Å². The molecule has 1 aromatic carbocycles. The van der Waals surface area contributed by atoms with E-state index in [4.69, 9.17) is 4.74 Å². The Kier molecular flexibility index (Phi) is 3.76. The first-order chi connectivity index (χ1) is 11.4. The molecule has 0 saturated heterocycles. The largest absolute Gasteiger partial charge is 0.497 e. The summed E-state index contributed by atoms with van der Waals surface area (Å²) in [6, 6.07) is 6.71. The molecule has 0 heterocycles. The third-order valence-corrected chi connectivity index (χ3v) is 8.13. The Hall–Kier alpha value is -1.02. The highest BCUT2D eigenvalue weighted by Crippen LogP contribution is 2.67. The molecule has 6 atom stereocenters. The molecule has 2 heteroatoms. The van der Waals surface area contributed by atoms with E-state index in [1.54, 1.807) is 12.7 Å². The number of rotatable bonds is 2. The maximum absolute atomic E-state index is 10.9. The summed E-state index contributed by atoms with van der Waals surface area (Å²) in [6.07, 6.45) is 6.89. The van der Waals surface area contributed by atoms with Crippen LogP contribution in [-0.4, -0.2) is 18.3 Å². The van der Waals surface area contributed by atoms with E-state index in [9.17, 15) is 5.11 Å². The molecule has 0 aromatic heterocycles. The monoisotopic (exact) mass is 328 g/mol. The van der Waals surface area contributed by atoms with Gasteiger partial charge in [-0.05, 0) is 83.9 Å². The van der Waals surface area contributed by atoms with Crippen molar-refractivity contribution >= 4 is 0 Å². The Morgan fingerprint density at radius 1 is 1.25 bits per heavy atom. The van der Waals surface area contributed by atoms with E-state index in [0.29, 0.717) is 17.3 Å². The minimum Gasteiger partial charge on any atom is -0.497 e. The summed E-state index contributed by atoms with van der Waals surface area (Å²) in [7, 11) is 1.76. The van der Waals surface area contributed by atoms with Gasteiger partial charge in [-0.25, -0.2) is 0 Å². The quantitative estimate of drug-likeness (QED) is 0.833. The molecule has 0 spiro atoms. The van der Waals surface area contributed by atoms with Gasteiger partial charge in [0.25, 0.3) is 0 Å². The zero-order valence-corrected chi connectivity index (χ0v) is 15.6. The SMILES string of the molecule is CC[C@@]1(C)C[C@H](O)[C@@]2(C)CC[C@@H]3c4ccc(OC)cc4CC[C@H]3[C@H]12. The molecule has 2 fully saturated rings. The molecule has 132 valence electrons. The normalized spacial score (nSPS) is 43.7. The zero-order chi connectivity index (χ0) is 17.1. The molecule has 1 N–H and O–H groups in total. The number of ether oxygens (including phenoxy) is 1. The zero-order valence-electron chi connectivity index (χ0n) is 15.6. The van der Waals surface area contributed by atoms with Crippen LogP contribution in [-0.2, 0) is 6.42 Å². The fourth-order valence-corrected chi connectivity index (χ4v) is 6.77. The number of benzene rings is 1. The number of aliphatic hydroxyl groups excluding tert-OH is 1. The first-order valence-corrected chi connectivity index (χ1v) is 9.78. The van der Waals surface area contributed by atoms with Crippen molar-refractivity contribution in [3.8, 4) is 5.75 Å². The molecular formula is C22H32O2. The summed E-state index contributed by atoms with van der Waals surface area (Å²) in [4.78, 5) is 0. The van der Waals surface area contributed by atoms with Gasteiger partial charge >= 0.3 is 0 Å². The standard InChI is InChI=1S/C22H32O2/c1-5-21(2)13-19(23)22(3)11-10-17-16-9-7-15(24-4)12-14(16)6-8-18(17)20(21)22/h7,9,12,17-20,23H,5-6,8,10-11,13H2,1-4H3/t17-,18-,19+,20-,21+,22-/m1/s1. The second kappa shape index (κ2) is 5.49. The van der Waals surface area contributed by atoms with E-state index in [0.717, 1.165) is 24.5 Å². The third kappa shape index (κ3) is 2.11.